The Morgan fingerprint density at radius 2 is 1.77 bits per heavy atom. The van der Waals surface area contributed by atoms with E-state index < -0.39 is 12.1 Å². The Labute approximate surface area is 153 Å². The molecule has 26 heavy (non-hydrogen) atoms. The number of nitrogens with zero attached hydrogens (tertiary/aromatic N) is 1. The van der Waals surface area contributed by atoms with Crippen molar-refractivity contribution in [3.05, 3.63) is 54.6 Å². The summed E-state index contributed by atoms with van der Waals surface area (Å²) < 4.78 is 5.79. The molecule has 1 N–H and O–H groups in total. The number of rotatable bonds is 6. The van der Waals surface area contributed by atoms with Crippen molar-refractivity contribution in [3.8, 4) is 16.9 Å². The Balaban J connectivity index is 1.63. The van der Waals surface area contributed by atoms with E-state index in [2.05, 4.69) is 0 Å². The lowest BCUT2D eigenvalue weighted by Crippen LogP contribution is -2.43. The number of amides is 1. The lowest BCUT2D eigenvalue weighted by Gasteiger charge is -2.26. The van der Waals surface area contributed by atoms with Gasteiger partial charge in [0.1, 0.15) is 5.75 Å². The minimum atomic E-state index is -0.875. The van der Waals surface area contributed by atoms with Crippen molar-refractivity contribution in [1.82, 2.24) is 4.90 Å². The fourth-order valence-corrected chi connectivity index (χ4v) is 3.38. The van der Waals surface area contributed by atoms with E-state index in [1.165, 1.54) is 0 Å². The summed E-state index contributed by atoms with van der Waals surface area (Å²) in [6.07, 6.45) is 0.912. The van der Waals surface area contributed by atoms with Gasteiger partial charge in [-0.05, 0) is 43.0 Å². The molecule has 0 aliphatic carbocycles. The molecular formula is C21H23NO4. The molecule has 0 radical (unpaired) electrons. The predicted octanol–water partition coefficient (Wildman–Crippen LogP) is 3.59. The van der Waals surface area contributed by atoms with Crippen LogP contribution in [-0.4, -0.2) is 40.6 Å². The molecule has 1 aliphatic heterocycles. The van der Waals surface area contributed by atoms with Crippen LogP contribution in [-0.2, 0) is 9.59 Å². The van der Waals surface area contributed by atoms with Crippen LogP contribution in [0.25, 0.3) is 11.1 Å². The number of carboxylic acid groups (broad SMARTS) is 1. The highest BCUT2D eigenvalue weighted by molar-refractivity contribution is 5.82. The third kappa shape index (κ3) is 4.23. The number of carbonyl (C=O) groups excluding carboxylic acids is 1. The molecule has 2 aromatic carbocycles. The molecule has 1 aliphatic rings. The van der Waals surface area contributed by atoms with E-state index in [4.69, 9.17) is 9.84 Å². The second kappa shape index (κ2) is 8.04. The fourth-order valence-electron chi connectivity index (χ4n) is 3.38. The number of hydrogen-bond donors (Lipinski definition) is 1. The second-order valence-corrected chi connectivity index (χ2v) is 6.58. The first-order chi connectivity index (χ1) is 12.5. The summed E-state index contributed by atoms with van der Waals surface area (Å²) in [6.45, 7) is 2.31. The van der Waals surface area contributed by atoms with Crippen LogP contribution in [0.1, 0.15) is 26.2 Å². The average molecular weight is 353 g/mol. The quantitative estimate of drug-likeness (QED) is 0.862. The second-order valence-electron chi connectivity index (χ2n) is 6.58. The Morgan fingerprint density at radius 3 is 2.42 bits per heavy atom. The van der Waals surface area contributed by atoms with Gasteiger partial charge in [0, 0.05) is 12.6 Å². The van der Waals surface area contributed by atoms with E-state index in [1.807, 2.05) is 54.6 Å². The number of benzene rings is 2. The monoisotopic (exact) mass is 353 g/mol. The van der Waals surface area contributed by atoms with Crippen LogP contribution in [0, 0.1) is 0 Å². The summed E-state index contributed by atoms with van der Waals surface area (Å²) in [7, 11) is 0. The zero-order valence-corrected chi connectivity index (χ0v) is 14.8. The Hall–Kier alpha value is -2.82. The fraction of sp³-hybridized carbons (Fsp3) is 0.333. The molecule has 5 heteroatoms. The minimum absolute atomic E-state index is 0.00969. The van der Waals surface area contributed by atoms with Gasteiger partial charge >= 0.3 is 5.97 Å². The third-order valence-electron chi connectivity index (χ3n) is 4.69. The number of likely N-dealkylation sites (tertiary alicyclic amines) is 1. The first-order valence-electron chi connectivity index (χ1n) is 8.89. The van der Waals surface area contributed by atoms with Gasteiger partial charge in [0.2, 0.25) is 0 Å². The van der Waals surface area contributed by atoms with E-state index in [0.717, 1.165) is 24.0 Å². The lowest BCUT2D eigenvalue weighted by atomic mass is 10.1. The zero-order valence-electron chi connectivity index (χ0n) is 14.8. The summed E-state index contributed by atoms with van der Waals surface area (Å²) in [5.74, 6) is -0.403. The van der Waals surface area contributed by atoms with Crippen LogP contribution < -0.4 is 4.74 Å². The number of ether oxygens (including phenoxy) is 1. The summed E-state index contributed by atoms with van der Waals surface area (Å²) >= 11 is 0. The maximum absolute atomic E-state index is 12.6. The standard InChI is InChI=1S/C21H23NO4/c1-15(21(25)22-13-5-8-18(22)14-20(23)24)26-19-11-9-17(10-12-19)16-6-3-2-4-7-16/h2-4,6-7,9-12,15,18H,5,8,13-14H2,1H3,(H,23,24). The Bertz CT molecular complexity index is 757. The van der Waals surface area contributed by atoms with Gasteiger partial charge in [0.15, 0.2) is 6.10 Å². The van der Waals surface area contributed by atoms with E-state index >= 15 is 0 Å². The molecule has 1 fully saturated rings. The summed E-state index contributed by atoms with van der Waals surface area (Å²) in [4.78, 5) is 25.3. The van der Waals surface area contributed by atoms with Gasteiger partial charge in [-0.1, -0.05) is 42.5 Å². The summed E-state index contributed by atoms with van der Waals surface area (Å²) in [5.41, 5.74) is 2.20. The van der Waals surface area contributed by atoms with E-state index in [9.17, 15) is 9.59 Å². The van der Waals surface area contributed by atoms with Crippen molar-refractivity contribution in [3.63, 3.8) is 0 Å². The van der Waals surface area contributed by atoms with Crippen LogP contribution in [0.15, 0.2) is 54.6 Å². The molecule has 1 heterocycles. The van der Waals surface area contributed by atoms with Crippen LogP contribution in [0.2, 0.25) is 0 Å². The topological polar surface area (TPSA) is 66.8 Å². The molecular weight excluding hydrogens is 330 g/mol. The molecule has 2 aromatic rings. The first kappa shape index (κ1) is 18.0. The average Bonchev–Trinajstić information content (AvgIpc) is 3.09. The number of hydrogen-bond acceptors (Lipinski definition) is 3. The molecule has 136 valence electrons. The van der Waals surface area contributed by atoms with E-state index in [1.54, 1.807) is 11.8 Å². The highest BCUT2D eigenvalue weighted by atomic mass is 16.5. The van der Waals surface area contributed by atoms with Crippen LogP contribution in [0.3, 0.4) is 0 Å². The van der Waals surface area contributed by atoms with Gasteiger partial charge in [0.05, 0.1) is 6.42 Å². The van der Waals surface area contributed by atoms with Crippen molar-refractivity contribution in [2.45, 2.75) is 38.3 Å². The lowest BCUT2D eigenvalue weighted by molar-refractivity contribution is -0.142. The van der Waals surface area contributed by atoms with E-state index in [-0.39, 0.29) is 18.4 Å². The molecule has 1 amide bonds. The molecule has 0 saturated carbocycles. The molecule has 3 rings (SSSR count). The minimum Gasteiger partial charge on any atom is -0.481 e. The van der Waals surface area contributed by atoms with Crippen LogP contribution in [0.5, 0.6) is 5.75 Å². The molecule has 5 nitrogen and oxygen atoms in total. The summed E-state index contributed by atoms with van der Waals surface area (Å²) in [6, 6.07) is 17.4. The molecule has 0 spiro atoms. The van der Waals surface area contributed by atoms with Crippen molar-refractivity contribution in [2.24, 2.45) is 0 Å². The normalized spacial score (nSPS) is 17.7. The van der Waals surface area contributed by atoms with Crippen molar-refractivity contribution < 1.29 is 19.4 Å². The Kier molecular flexibility index (Phi) is 5.56. The van der Waals surface area contributed by atoms with Gasteiger partial charge in [-0.15, -0.1) is 0 Å². The summed E-state index contributed by atoms with van der Waals surface area (Å²) in [5, 5.41) is 9.00. The van der Waals surface area contributed by atoms with Crippen LogP contribution >= 0.6 is 0 Å². The van der Waals surface area contributed by atoms with Crippen molar-refractivity contribution in [2.75, 3.05) is 6.54 Å². The molecule has 1 saturated heterocycles. The van der Waals surface area contributed by atoms with Gasteiger partial charge in [-0.25, -0.2) is 0 Å². The van der Waals surface area contributed by atoms with Crippen molar-refractivity contribution >= 4 is 11.9 Å². The molecule has 0 aromatic heterocycles. The van der Waals surface area contributed by atoms with Gasteiger partial charge < -0.3 is 14.7 Å². The van der Waals surface area contributed by atoms with Gasteiger partial charge in [-0.3, -0.25) is 9.59 Å². The predicted molar refractivity (Wildman–Crippen MR) is 99.0 cm³/mol. The number of carboxylic acids is 1. The van der Waals surface area contributed by atoms with Crippen molar-refractivity contribution in [1.29, 1.82) is 0 Å². The SMILES string of the molecule is CC(Oc1ccc(-c2ccccc2)cc1)C(=O)N1CCCC1CC(=O)O. The van der Waals surface area contributed by atoms with E-state index in [0.29, 0.717) is 12.3 Å². The number of carbonyl (C=O) groups is 2. The molecule has 2 atom stereocenters. The maximum Gasteiger partial charge on any atom is 0.305 e. The maximum atomic E-state index is 12.6. The largest absolute Gasteiger partial charge is 0.481 e. The molecule has 2 unspecified atom stereocenters. The first-order valence-corrected chi connectivity index (χ1v) is 8.89. The third-order valence-corrected chi connectivity index (χ3v) is 4.69. The highest BCUT2D eigenvalue weighted by Gasteiger charge is 2.33. The Morgan fingerprint density at radius 1 is 1.12 bits per heavy atom. The highest BCUT2D eigenvalue weighted by Crippen LogP contribution is 2.25. The zero-order chi connectivity index (χ0) is 18.5. The number of aliphatic carboxylic acids is 1. The van der Waals surface area contributed by atoms with Gasteiger partial charge in [-0.2, -0.15) is 0 Å². The smallest absolute Gasteiger partial charge is 0.305 e. The molecule has 0 bridgehead atoms. The van der Waals surface area contributed by atoms with Crippen LogP contribution in [0.4, 0.5) is 0 Å². The van der Waals surface area contributed by atoms with Gasteiger partial charge in [0.25, 0.3) is 5.91 Å².